The second-order valence-corrected chi connectivity index (χ2v) is 6.94. The molecule has 2 atom stereocenters. The highest BCUT2D eigenvalue weighted by Gasteiger charge is 2.32. The minimum absolute atomic E-state index is 0.132. The van der Waals surface area contributed by atoms with E-state index >= 15 is 0 Å². The standard InChI is InChI=1S/C16H22BrN3O2/c1-11(10-20-9-3-4-14(20)21)19-15(22)16(2,18)12-5-7-13(17)8-6-12/h5-8,11H,3-4,9-10,18H2,1-2H3,(H,19,22). The Hall–Kier alpha value is -1.40. The average molecular weight is 368 g/mol. The van der Waals surface area contributed by atoms with Gasteiger partial charge in [0.1, 0.15) is 5.54 Å². The molecule has 5 nitrogen and oxygen atoms in total. The molecule has 0 spiro atoms. The first-order valence-electron chi connectivity index (χ1n) is 7.44. The number of amides is 2. The van der Waals surface area contributed by atoms with Crippen molar-refractivity contribution in [3.05, 3.63) is 34.3 Å². The third kappa shape index (κ3) is 3.87. The van der Waals surface area contributed by atoms with Crippen molar-refractivity contribution in [1.29, 1.82) is 0 Å². The summed E-state index contributed by atoms with van der Waals surface area (Å²) >= 11 is 3.37. The lowest BCUT2D eigenvalue weighted by Crippen LogP contribution is -2.53. The molecule has 0 aliphatic carbocycles. The summed E-state index contributed by atoms with van der Waals surface area (Å²) in [6, 6.07) is 7.25. The lowest BCUT2D eigenvalue weighted by Gasteiger charge is -2.28. The van der Waals surface area contributed by atoms with Crippen molar-refractivity contribution in [3.63, 3.8) is 0 Å². The van der Waals surface area contributed by atoms with Crippen LogP contribution in [-0.2, 0) is 15.1 Å². The molecular weight excluding hydrogens is 346 g/mol. The van der Waals surface area contributed by atoms with E-state index in [4.69, 9.17) is 5.73 Å². The Morgan fingerprint density at radius 1 is 1.45 bits per heavy atom. The molecule has 3 N–H and O–H groups in total. The summed E-state index contributed by atoms with van der Waals surface area (Å²) in [5.74, 6) is -0.0847. The third-order valence-electron chi connectivity index (χ3n) is 3.96. The van der Waals surface area contributed by atoms with Gasteiger partial charge in [-0.05, 0) is 38.0 Å². The molecule has 1 heterocycles. The average Bonchev–Trinajstić information content (AvgIpc) is 2.84. The normalized spacial score (nSPS) is 18.9. The predicted molar refractivity (Wildman–Crippen MR) is 89.1 cm³/mol. The van der Waals surface area contributed by atoms with Crippen molar-refractivity contribution in [1.82, 2.24) is 10.2 Å². The van der Waals surface area contributed by atoms with Crippen molar-refractivity contribution in [2.24, 2.45) is 5.73 Å². The number of hydrogen-bond donors (Lipinski definition) is 2. The van der Waals surface area contributed by atoms with E-state index in [-0.39, 0.29) is 17.9 Å². The van der Waals surface area contributed by atoms with E-state index in [1.54, 1.807) is 11.8 Å². The van der Waals surface area contributed by atoms with Crippen LogP contribution in [0.5, 0.6) is 0 Å². The van der Waals surface area contributed by atoms with Crippen LogP contribution >= 0.6 is 15.9 Å². The molecule has 2 amide bonds. The second kappa shape index (κ2) is 6.79. The maximum absolute atomic E-state index is 12.5. The lowest BCUT2D eigenvalue weighted by atomic mass is 9.92. The van der Waals surface area contributed by atoms with Gasteiger partial charge in [-0.1, -0.05) is 28.1 Å². The summed E-state index contributed by atoms with van der Waals surface area (Å²) < 4.78 is 0.938. The summed E-state index contributed by atoms with van der Waals surface area (Å²) in [6.07, 6.45) is 1.50. The van der Waals surface area contributed by atoms with E-state index in [9.17, 15) is 9.59 Å². The third-order valence-corrected chi connectivity index (χ3v) is 4.49. The van der Waals surface area contributed by atoms with Gasteiger partial charge in [-0.3, -0.25) is 9.59 Å². The molecule has 0 radical (unpaired) electrons. The predicted octanol–water partition coefficient (Wildman–Crippen LogP) is 1.75. The number of benzene rings is 1. The second-order valence-electron chi connectivity index (χ2n) is 6.03. The van der Waals surface area contributed by atoms with Gasteiger partial charge in [-0.25, -0.2) is 0 Å². The highest BCUT2D eigenvalue weighted by atomic mass is 79.9. The smallest absolute Gasteiger partial charge is 0.244 e. The van der Waals surface area contributed by atoms with Crippen molar-refractivity contribution < 1.29 is 9.59 Å². The Morgan fingerprint density at radius 2 is 2.09 bits per heavy atom. The first-order valence-corrected chi connectivity index (χ1v) is 8.23. The Labute approximate surface area is 139 Å². The van der Waals surface area contributed by atoms with Gasteiger partial charge in [0.15, 0.2) is 0 Å². The van der Waals surface area contributed by atoms with Gasteiger partial charge in [0, 0.05) is 30.0 Å². The number of carbonyl (C=O) groups excluding carboxylic acids is 2. The van der Waals surface area contributed by atoms with Crippen LogP contribution in [0, 0.1) is 0 Å². The van der Waals surface area contributed by atoms with Gasteiger partial charge in [0.05, 0.1) is 0 Å². The highest BCUT2D eigenvalue weighted by molar-refractivity contribution is 9.10. The summed E-state index contributed by atoms with van der Waals surface area (Å²) in [7, 11) is 0. The van der Waals surface area contributed by atoms with Crippen molar-refractivity contribution >= 4 is 27.7 Å². The van der Waals surface area contributed by atoms with Gasteiger partial charge in [-0.15, -0.1) is 0 Å². The minimum atomic E-state index is -1.11. The number of hydrogen-bond acceptors (Lipinski definition) is 3. The molecule has 1 saturated heterocycles. The topological polar surface area (TPSA) is 75.4 Å². The van der Waals surface area contributed by atoms with E-state index in [2.05, 4.69) is 21.2 Å². The molecule has 22 heavy (non-hydrogen) atoms. The van der Waals surface area contributed by atoms with Crippen LogP contribution in [0.4, 0.5) is 0 Å². The molecule has 1 aliphatic rings. The van der Waals surface area contributed by atoms with Crippen LogP contribution in [0.1, 0.15) is 32.3 Å². The molecule has 120 valence electrons. The number of nitrogens with two attached hydrogens (primary N) is 1. The zero-order valence-electron chi connectivity index (χ0n) is 12.9. The van der Waals surface area contributed by atoms with Crippen LogP contribution < -0.4 is 11.1 Å². The number of nitrogens with zero attached hydrogens (tertiary/aromatic N) is 1. The fourth-order valence-corrected chi connectivity index (χ4v) is 2.84. The van der Waals surface area contributed by atoms with Gasteiger partial charge >= 0.3 is 0 Å². The maximum Gasteiger partial charge on any atom is 0.244 e. The van der Waals surface area contributed by atoms with Crippen molar-refractivity contribution in [3.8, 4) is 0 Å². The Kier molecular flexibility index (Phi) is 5.24. The van der Waals surface area contributed by atoms with E-state index in [1.807, 2.05) is 31.2 Å². The molecule has 1 aromatic carbocycles. The largest absolute Gasteiger partial charge is 0.350 e. The van der Waals surface area contributed by atoms with Gasteiger partial charge < -0.3 is 16.0 Å². The molecular formula is C16H22BrN3O2. The van der Waals surface area contributed by atoms with Gasteiger partial charge in [-0.2, -0.15) is 0 Å². The van der Waals surface area contributed by atoms with Crippen LogP contribution in [0.25, 0.3) is 0 Å². The van der Waals surface area contributed by atoms with Crippen molar-refractivity contribution in [2.45, 2.75) is 38.3 Å². The summed E-state index contributed by atoms with van der Waals surface area (Å²) in [4.78, 5) is 25.9. The Balaban J connectivity index is 1.97. The molecule has 2 unspecified atom stereocenters. The van der Waals surface area contributed by atoms with Gasteiger partial charge in [0.2, 0.25) is 11.8 Å². The van der Waals surface area contributed by atoms with Crippen molar-refractivity contribution in [2.75, 3.05) is 13.1 Å². The summed E-state index contributed by atoms with van der Waals surface area (Å²) in [5, 5.41) is 2.91. The van der Waals surface area contributed by atoms with Gasteiger partial charge in [0.25, 0.3) is 0 Å². The molecule has 0 aromatic heterocycles. The van der Waals surface area contributed by atoms with Crippen LogP contribution in [0.3, 0.4) is 0 Å². The SMILES string of the molecule is CC(CN1CCCC1=O)NC(=O)C(C)(N)c1ccc(Br)cc1. The van der Waals surface area contributed by atoms with Crippen LogP contribution in [0.15, 0.2) is 28.7 Å². The lowest BCUT2D eigenvalue weighted by molar-refractivity contribution is -0.130. The molecule has 1 aromatic rings. The maximum atomic E-state index is 12.5. The first kappa shape index (κ1) is 17.0. The van der Waals surface area contributed by atoms with E-state index < -0.39 is 5.54 Å². The Bertz CT molecular complexity index is 557. The number of rotatable bonds is 5. The molecule has 2 rings (SSSR count). The monoisotopic (exact) mass is 367 g/mol. The van der Waals surface area contributed by atoms with Crippen LogP contribution in [-0.4, -0.2) is 35.8 Å². The van der Waals surface area contributed by atoms with E-state index in [1.165, 1.54) is 0 Å². The number of carbonyl (C=O) groups is 2. The fourth-order valence-electron chi connectivity index (χ4n) is 2.57. The van der Waals surface area contributed by atoms with E-state index in [0.717, 1.165) is 23.0 Å². The quantitative estimate of drug-likeness (QED) is 0.832. The molecule has 0 bridgehead atoms. The zero-order chi connectivity index (χ0) is 16.3. The summed E-state index contributed by atoms with van der Waals surface area (Å²) in [5.41, 5.74) is 5.85. The Morgan fingerprint density at radius 3 is 2.64 bits per heavy atom. The zero-order valence-corrected chi connectivity index (χ0v) is 14.5. The number of halogens is 1. The van der Waals surface area contributed by atoms with E-state index in [0.29, 0.717) is 13.0 Å². The molecule has 1 aliphatic heterocycles. The summed E-state index contributed by atoms with van der Waals surface area (Å²) in [6.45, 7) is 4.88. The fraction of sp³-hybridized carbons (Fsp3) is 0.500. The first-order chi connectivity index (χ1) is 10.3. The molecule has 1 fully saturated rings. The minimum Gasteiger partial charge on any atom is -0.350 e. The number of likely N-dealkylation sites (tertiary alicyclic amines) is 1. The number of nitrogens with one attached hydrogen (secondary N) is 1. The molecule has 0 saturated carbocycles. The molecule has 6 heteroatoms. The highest BCUT2D eigenvalue weighted by Crippen LogP contribution is 2.21. The van der Waals surface area contributed by atoms with Crippen LogP contribution in [0.2, 0.25) is 0 Å².